The van der Waals surface area contributed by atoms with Crippen molar-refractivity contribution in [2.45, 2.75) is 52.2 Å². The molecule has 2 aromatic carbocycles. The number of nitrogens with one attached hydrogen (secondary N) is 1. The van der Waals surface area contributed by atoms with Crippen molar-refractivity contribution in [2.24, 2.45) is 0 Å². The van der Waals surface area contributed by atoms with Gasteiger partial charge in [-0.25, -0.2) is 0 Å². The zero-order valence-corrected chi connectivity index (χ0v) is 16.6. The first kappa shape index (κ1) is 20.6. The van der Waals surface area contributed by atoms with E-state index < -0.39 is 0 Å². The van der Waals surface area contributed by atoms with E-state index in [9.17, 15) is 0 Å². The molecule has 4 heteroatoms. The highest BCUT2D eigenvalue weighted by molar-refractivity contribution is 6.30. The number of halogens is 1. The van der Waals surface area contributed by atoms with Gasteiger partial charge in [0.05, 0.1) is 7.11 Å². The maximum atomic E-state index is 6.01. The van der Waals surface area contributed by atoms with Gasteiger partial charge in [0.1, 0.15) is 6.61 Å². The first-order chi connectivity index (χ1) is 12.7. The minimum Gasteiger partial charge on any atom is -0.493 e. The van der Waals surface area contributed by atoms with Crippen molar-refractivity contribution >= 4 is 11.6 Å². The minimum atomic E-state index is 0.465. The van der Waals surface area contributed by atoms with Crippen LogP contribution in [-0.4, -0.2) is 13.7 Å². The largest absolute Gasteiger partial charge is 0.493 e. The van der Waals surface area contributed by atoms with Crippen LogP contribution in [0.4, 0.5) is 0 Å². The second kappa shape index (κ2) is 11.8. The molecular formula is C22H30ClNO2. The van der Waals surface area contributed by atoms with Crippen LogP contribution in [0.2, 0.25) is 5.02 Å². The fraction of sp³-hybridized carbons (Fsp3) is 0.455. The molecule has 0 fully saturated rings. The quantitative estimate of drug-likeness (QED) is 0.462. The molecule has 3 nitrogen and oxygen atoms in total. The molecule has 0 radical (unpaired) electrons. The molecule has 2 aromatic rings. The van der Waals surface area contributed by atoms with Crippen molar-refractivity contribution in [1.29, 1.82) is 0 Å². The van der Waals surface area contributed by atoms with Crippen molar-refractivity contribution in [3.63, 3.8) is 0 Å². The van der Waals surface area contributed by atoms with Gasteiger partial charge in [-0.15, -0.1) is 0 Å². The van der Waals surface area contributed by atoms with Crippen LogP contribution in [0.25, 0.3) is 0 Å². The van der Waals surface area contributed by atoms with Crippen molar-refractivity contribution in [3.05, 3.63) is 58.6 Å². The summed E-state index contributed by atoms with van der Waals surface area (Å²) in [7, 11) is 1.67. The van der Waals surface area contributed by atoms with Gasteiger partial charge in [-0.1, -0.05) is 62.4 Å². The highest BCUT2D eigenvalue weighted by Gasteiger charge is 2.06. The molecule has 0 aliphatic heterocycles. The van der Waals surface area contributed by atoms with Crippen LogP contribution in [0, 0.1) is 0 Å². The summed E-state index contributed by atoms with van der Waals surface area (Å²) < 4.78 is 11.4. The molecule has 142 valence electrons. The lowest BCUT2D eigenvalue weighted by molar-refractivity contribution is 0.284. The Balaban J connectivity index is 1.80. The van der Waals surface area contributed by atoms with E-state index in [1.807, 2.05) is 36.4 Å². The minimum absolute atomic E-state index is 0.465. The van der Waals surface area contributed by atoms with E-state index in [2.05, 4.69) is 18.3 Å². The van der Waals surface area contributed by atoms with Crippen LogP contribution in [0.5, 0.6) is 11.5 Å². The van der Waals surface area contributed by atoms with Gasteiger partial charge >= 0.3 is 0 Å². The summed E-state index contributed by atoms with van der Waals surface area (Å²) in [5.41, 5.74) is 2.24. The van der Waals surface area contributed by atoms with Crippen LogP contribution in [0.1, 0.15) is 50.2 Å². The number of hydrogen-bond donors (Lipinski definition) is 1. The highest BCUT2D eigenvalue weighted by Crippen LogP contribution is 2.29. The Bertz CT molecular complexity index is 660. The monoisotopic (exact) mass is 375 g/mol. The summed E-state index contributed by atoms with van der Waals surface area (Å²) in [5.74, 6) is 1.50. The predicted molar refractivity (Wildman–Crippen MR) is 109 cm³/mol. The molecule has 26 heavy (non-hydrogen) atoms. The average molecular weight is 376 g/mol. The number of ether oxygens (including phenoxy) is 2. The van der Waals surface area contributed by atoms with E-state index in [4.69, 9.17) is 21.1 Å². The first-order valence-corrected chi connectivity index (χ1v) is 9.85. The third-order valence-electron chi connectivity index (χ3n) is 4.30. The summed E-state index contributed by atoms with van der Waals surface area (Å²) in [6, 6.07) is 13.8. The van der Waals surface area contributed by atoms with E-state index in [1.54, 1.807) is 7.11 Å². The molecular weight excluding hydrogens is 346 g/mol. The van der Waals surface area contributed by atoms with E-state index >= 15 is 0 Å². The molecule has 0 atom stereocenters. The zero-order valence-electron chi connectivity index (χ0n) is 15.9. The lowest BCUT2D eigenvalue weighted by Gasteiger charge is -2.13. The molecule has 2 rings (SSSR count). The molecule has 1 N–H and O–H groups in total. The molecule has 0 bridgehead atoms. The Labute approximate surface area is 162 Å². The number of hydrogen-bond acceptors (Lipinski definition) is 3. The number of unbranched alkanes of at least 4 members (excludes halogenated alkanes) is 4. The van der Waals surface area contributed by atoms with Gasteiger partial charge in [-0.2, -0.15) is 0 Å². The number of methoxy groups -OCH3 is 1. The van der Waals surface area contributed by atoms with Crippen molar-refractivity contribution < 1.29 is 9.47 Å². The molecule has 0 amide bonds. The molecule has 0 aliphatic rings. The van der Waals surface area contributed by atoms with Crippen LogP contribution < -0.4 is 14.8 Å². The smallest absolute Gasteiger partial charge is 0.161 e. The molecule has 0 heterocycles. The van der Waals surface area contributed by atoms with E-state index in [1.165, 1.54) is 37.7 Å². The standard InChI is InChI=1S/C22H30ClNO2/c1-3-4-5-6-7-13-24-16-18-11-12-21(22(15-18)25-2)26-17-19-9-8-10-20(23)14-19/h8-12,14-15,24H,3-7,13,16-17H2,1-2H3. The van der Waals surface area contributed by atoms with Crippen molar-refractivity contribution in [2.75, 3.05) is 13.7 Å². The Morgan fingerprint density at radius 2 is 1.77 bits per heavy atom. The Morgan fingerprint density at radius 3 is 2.54 bits per heavy atom. The van der Waals surface area contributed by atoms with Gasteiger partial charge in [0.15, 0.2) is 11.5 Å². The lowest BCUT2D eigenvalue weighted by Crippen LogP contribution is -2.14. The topological polar surface area (TPSA) is 30.5 Å². The normalized spacial score (nSPS) is 10.7. The van der Waals surface area contributed by atoms with Gasteiger partial charge in [0, 0.05) is 11.6 Å². The van der Waals surface area contributed by atoms with Gasteiger partial charge in [-0.3, -0.25) is 0 Å². The van der Waals surface area contributed by atoms with E-state index in [0.717, 1.165) is 30.2 Å². The number of rotatable bonds is 12. The third-order valence-corrected chi connectivity index (χ3v) is 4.53. The van der Waals surface area contributed by atoms with Crippen LogP contribution in [0.3, 0.4) is 0 Å². The maximum Gasteiger partial charge on any atom is 0.161 e. The molecule has 0 unspecified atom stereocenters. The molecule has 0 saturated carbocycles. The SMILES string of the molecule is CCCCCCCNCc1ccc(OCc2cccc(Cl)c2)c(OC)c1. The van der Waals surface area contributed by atoms with Crippen LogP contribution in [0.15, 0.2) is 42.5 Å². The molecule has 0 spiro atoms. The van der Waals surface area contributed by atoms with Crippen molar-refractivity contribution in [3.8, 4) is 11.5 Å². The van der Waals surface area contributed by atoms with Gasteiger partial charge in [0.25, 0.3) is 0 Å². The predicted octanol–water partition coefficient (Wildman–Crippen LogP) is 5.99. The van der Waals surface area contributed by atoms with Gasteiger partial charge in [-0.05, 0) is 48.4 Å². The van der Waals surface area contributed by atoms with Crippen molar-refractivity contribution in [1.82, 2.24) is 5.32 Å². The first-order valence-electron chi connectivity index (χ1n) is 9.47. The van der Waals surface area contributed by atoms with Crippen LogP contribution in [-0.2, 0) is 13.2 Å². The average Bonchev–Trinajstić information content (AvgIpc) is 2.66. The van der Waals surface area contributed by atoms with E-state index in [0.29, 0.717) is 11.6 Å². The summed E-state index contributed by atoms with van der Waals surface area (Å²) in [6.45, 7) is 4.61. The lowest BCUT2D eigenvalue weighted by atomic mass is 10.1. The summed E-state index contributed by atoms with van der Waals surface area (Å²) in [4.78, 5) is 0. The summed E-state index contributed by atoms with van der Waals surface area (Å²) in [5, 5.41) is 4.22. The van der Waals surface area contributed by atoms with Crippen LogP contribution >= 0.6 is 11.6 Å². The summed E-state index contributed by atoms with van der Waals surface area (Å²) in [6.07, 6.45) is 6.51. The Hall–Kier alpha value is -1.71. The Kier molecular flexibility index (Phi) is 9.36. The zero-order chi connectivity index (χ0) is 18.6. The second-order valence-electron chi connectivity index (χ2n) is 6.49. The fourth-order valence-electron chi connectivity index (χ4n) is 2.82. The maximum absolute atomic E-state index is 6.01. The molecule has 0 aliphatic carbocycles. The van der Waals surface area contributed by atoms with Gasteiger partial charge < -0.3 is 14.8 Å². The third kappa shape index (κ3) is 7.27. The number of benzene rings is 2. The highest BCUT2D eigenvalue weighted by atomic mass is 35.5. The summed E-state index contributed by atoms with van der Waals surface area (Å²) >= 11 is 6.01. The van der Waals surface area contributed by atoms with Gasteiger partial charge in [0.2, 0.25) is 0 Å². The fourth-order valence-corrected chi connectivity index (χ4v) is 3.03. The Morgan fingerprint density at radius 1 is 0.923 bits per heavy atom. The molecule has 0 aromatic heterocycles. The second-order valence-corrected chi connectivity index (χ2v) is 6.93. The molecule has 0 saturated heterocycles. The van der Waals surface area contributed by atoms with E-state index in [-0.39, 0.29) is 0 Å².